The van der Waals surface area contributed by atoms with Crippen LogP contribution < -0.4 is 5.32 Å². The number of halogens is 3. The number of nitro groups is 1. The number of amides is 1. The first kappa shape index (κ1) is 23.9. The van der Waals surface area contributed by atoms with Gasteiger partial charge in [0.05, 0.1) is 17.3 Å². The first-order valence-electron chi connectivity index (χ1n) is 9.01. The maximum Gasteiger partial charge on any atom is 0.423 e. The largest absolute Gasteiger partial charge is 0.494 e. The topological polar surface area (TPSA) is 119 Å². The number of Topliss-reactive ketones (excluding diaryl/α,β-unsaturated/α-hetero) is 1. The lowest BCUT2D eigenvalue weighted by atomic mass is 10.0. The molecule has 0 radical (unpaired) electrons. The van der Waals surface area contributed by atoms with E-state index in [0.717, 1.165) is 13.0 Å². The van der Waals surface area contributed by atoms with Gasteiger partial charge >= 0.3 is 6.18 Å². The van der Waals surface area contributed by atoms with Crippen molar-refractivity contribution in [2.24, 2.45) is 5.92 Å². The predicted octanol–water partition coefficient (Wildman–Crippen LogP) is 3.21. The Hall–Kier alpha value is -3.39. The molecule has 0 heterocycles. The van der Waals surface area contributed by atoms with E-state index in [0.29, 0.717) is 24.3 Å². The molecule has 1 aliphatic carbocycles. The molecule has 0 spiro atoms. The number of ketones is 1. The lowest BCUT2D eigenvalue weighted by molar-refractivity contribution is -0.388. The minimum atomic E-state index is -5.01. The van der Waals surface area contributed by atoms with Crippen LogP contribution in [0.4, 0.5) is 24.5 Å². The monoisotopic (exact) mass is 440 g/mol. The Morgan fingerprint density at radius 1 is 1.39 bits per heavy atom. The van der Waals surface area contributed by atoms with E-state index in [4.69, 9.17) is 4.74 Å². The van der Waals surface area contributed by atoms with Crippen LogP contribution in [0, 0.1) is 27.9 Å². The van der Waals surface area contributed by atoms with Crippen molar-refractivity contribution in [2.75, 3.05) is 11.9 Å². The first-order valence-corrected chi connectivity index (χ1v) is 9.01. The second-order valence-corrected chi connectivity index (χ2v) is 7.07. The molecule has 2 N–H and O–H groups in total. The van der Waals surface area contributed by atoms with Gasteiger partial charge in [0.1, 0.15) is 23.7 Å². The highest BCUT2D eigenvalue weighted by Crippen LogP contribution is 2.37. The van der Waals surface area contributed by atoms with E-state index < -0.39 is 46.4 Å². The molecule has 0 aliphatic heterocycles. The molecule has 11 heteroatoms. The van der Waals surface area contributed by atoms with Crippen LogP contribution in [0.25, 0.3) is 0 Å². The fourth-order valence-corrected chi connectivity index (χ4v) is 2.58. The zero-order chi connectivity index (χ0) is 23.4. The van der Waals surface area contributed by atoms with E-state index in [1.807, 2.05) is 0 Å². The summed E-state index contributed by atoms with van der Waals surface area (Å²) in [7, 11) is 0. The van der Waals surface area contributed by atoms with Crippen molar-refractivity contribution in [3.63, 3.8) is 0 Å². The summed E-state index contributed by atoms with van der Waals surface area (Å²) in [5.74, 6) is 4.25. The van der Waals surface area contributed by atoms with Gasteiger partial charge in [-0.15, -0.1) is 0 Å². The Kier molecular flexibility index (Phi) is 7.07. The molecule has 1 amide bonds. The van der Waals surface area contributed by atoms with Gasteiger partial charge in [-0.25, -0.2) is 0 Å². The lowest BCUT2D eigenvalue weighted by Crippen LogP contribution is -2.44. The zero-order valence-electron chi connectivity index (χ0n) is 16.6. The van der Waals surface area contributed by atoms with Crippen molar-refractivity contribution in [1.82, 2.24) is 0 Å². The number of allylic oxidation sites excluding steroid dienone is 2. The van der Waals surface area contributed by atoms with Crippen LogP contribution in [0.15, 0.2) is 30.0 Å². The molecule has 0 saturated heterocycles. The fourth-order valence-electron chi connectivity index (χ4n) is 2.58. The summed E-state index contributed by atoms with van der Waals surface area (Å²) in [6.45, 7) is 1.98. The standard InChI is InChI=1S/C20H19F3N2O6/c1-12(26)13-4-3-5-15(8-6-13)31-11-19(2,28)18(27)24-14-7-9-17(25(29)30)16(10-14)20(21,22)23/h7-10,13,28H,5-6,11H2,1-2H3,(H,24,27)/t13?,19-/m0/s1. The van der Waals surface area contributed by atoms with Crippen molar-refractivity contribution < 1.29 is 37.5 Å². The molecule has 31 heavy (non-hydrogen) atoms. The van der Waals surface area contributed by atoms with Gasteiger partial charge < -0.3 is 15.2 Å². The molecular formula is C20H19F3N2O6. The highest BCUT2D eigenvalue weighted by atomic mass is 19.4. The predicted molar refractivity (Wildman–Crippen MR) is 103 cm³/mol. The van der Waals surface area contributed by atoms with Crippen LogP contribution >= 0.6 is 0 Å². The van der Waals surface area contributed by atoms with Gasteiger partial charge in [-0.3, -0.25) is 19.7 Å². The van der Waals surface area contributed by atoms with E-state index in [9.17, 15) is 38.0 Å². The highest BCUT2D eigenvalue weighted by molar-refractivity contribution is 5.97. The number of aliphatic hydroxyl groups is 1. The van der Waals surface area contributed by atoms with Crippen molar-refractivity contribution in [3.05, 3.63) is 45.7 Å². The van der Waals surface area contributed by atoms with Crippen molar-refractivity contribution in [2.45, 2.75) is 38.5 Å². The normalized spacial score (nSPS) is 17.9. The van der Waals surface area contributed by atoms with Crippen LogP contribution in [-0.4, -0.2) is 33.9 Å². The van der Waals surface area contributed by atoms with E-state index in [1.54, 1.807) is 6.08 Å². The average molecular weight is 440 g/mol. The third-order valence-corrected chi connectivity index (χ3v) is 4.40. The van der Waals surface area contributed by atoms with E-state index in [-0.39, 0.29) is 17.9 Å². The Bertz CT molecular complexity index is 989. The molecular weight excluding hydrogens is 421 g/mol. The van der Waals surface area contributed by atoms with Crippen molar-refractivity contribution >= 4 is 23.1 Å². The SMILES string of the molecule is CC(=O)C1C#CCC(OC[C@](C)(O)C(=O)Nc2ccc([N+](=O)[O-])c(C(F)(F)F)c2)=CC1. The first-order chi connectivity index (χ1) is 14.3. The van der Waals surface area contributed by atoms with Gasteiger partial charge in [-0.2, -0.15) is 13.2 Å². The van der Waals surface area contributed by atoms with Crippen LogP contribution in [0.1, 0.15) is 32.3 Å². The number of nitro benzene ring substituents is 1. The number of hydrogen-bond acceptors (Lipinski definition) is 6. The fraction of sp³-hybridized carbons (Fsp3) is 0.400. The molecule has 8 nitrogen and oxygen atoms in total. The number of carbonyl (C=O) groups is 2. The van der Waals surface area contributed by atoms with Gasteiger partial charge in [0, 0.05) is 11.8 Å². The lowest BCUT2D eigenvalue weighted by Gasteiger charge is -2.23. The summed E-state index contributed by atoms with van der Waals surface area (Å²) in [6.07, 6.45) is -2.92. The van der Waals surface area contributed by atoms with Gasteiger partial charge in [-0.1, -0.05) is 11.8 Å². The Morgan fingerprint density at radius 2 is 2.06 bits per heavy atom. The average Bonchev–Trinajstić information content (AvgIpc) is 2.91. The number of benzene rings is 1. The molecule has 1 aliphatic rings. The van der Waals surface area contributed by atoms with Crippen LogP contribution in [0.5, 0.6) is 0 Å². The molecule has 1 unspecified atom stereocenters. The maximum atomic E-state index is 13.1. The third-order valence-electron chi connectivity index (χ3n) is 4.40. The second-order valence-electron chi connectivity index (χ2n) is 7.07. The molecule has 166 valence electrons. The van der Waals surface area contributed by atoms with Crippen LogP contribution in [-0.2, 0) is 20.5 Å². The number of carbonyl (C=O) groups excluding carboxylic acids is 2. The number of nitrogens with one attached hydrogen (secondary N) is 1. The minimum Gasteiger partial charge on any atom is -0.494 e. The summed E-state index contributed by atoms with van der Waals surface area (Å²) in [5, 5.41) is 23.3. The Labute approximate surface area is 175 Å². The highest BCUT2D eigenvalue weighted by Gasteiger charge is 2.39. The van der Waals surface area contributed by atoms with Crippen molar-refractivity contribution in [3.8, 4) is 11.8 Å². The Morgan fingerprint density at radius 3 is 2.65 bits per heavy atom. The molecule has 2 rings (SSSR count). The quantitative estimate of drug-likeness (QED) is 0.382. The van der Waals surface area contributed by atoms with Crippen LogP contribution in [0.3, 0.4) is 0 Å². The zero-order valence-corrected chi connectivity index (χ0v) is 16.6. The number of hydrogen-bond donors (Lipinski definition) is 2. The smallest absolute Gasteiger partial charge is 0.423 e. The summed E-state index contributed by atoms with van der Waals surface area (Å²) in [5.41, 5.74) is -5.22. The number of nitrogens with zero attached hydrogens (tertiary/aromatic N) is 1. The molecule has 0 fully saturated rings. The second kappa shape index (κ2) is 9.18. The third kappa shape index (κ3) is 6.29. The number of anilines is 1. The Balaban J connectivity index is 2.08. The molecule has 2 atom stereocenters. The molecule has 0 aromatic heterocycles. The molecule has 0 bridgehead atoms. The van der Waals surface area contributed by atoms with Gasteiger partial charge in [0.2, 0.25) is 0 Å². The molecule has 0 saturated carbocycles. The van der Waals surface area contributed by atoms with E-state index >= 15 is 0 Å². The minimum absolute atomic E-state index is 0.0994. The summed E-state index contributed by atoms with van der Waals surface area (Å²) in [4.78, 5) is 33.4. The molecule has 1 aromatic carbocycles. The van der Waals surface area contributed by atoms with E-state index in [2.05, 4.69) is 17.2 Å². The summed E-state index contributed by atoms with van der Waals surface area (Å²) >= 11 is 0. The van der Waals surface area contributed by atoms with Gasteiger partial charge in [-0.05, 0) is 38.5 Å². The van der Waals surface area contributed by atoms with Crippen LogP contribution in [0.2, 0.25) is 0 Å². The maximum absolute atomic E-state index is 13.1. The number of alkyl halides is 3. The van der Waals surface area contributed by atoms with Gasteiger partial charge in [0.15, 0.2) is 5.60 Å². The summed E-state index contributed by atoms with van der Waals surface area (Å²) in [6, 6.07) is 1.95. The molecule has 1 aromatic rings. The van der Waals surface area contributed by atoms with E-state index in [1.165, 1.54) is 6.92 Å². The number of rotatable bonds is 7. The number of ether oxygens (including phenoxy) is 1. The van der Waals surface area contributed by atoms with Gasteiger partial charge in [0.25, 0.3) is 11.6 Å². The summed E-state index contributed by atoms with van der Waals surface area (Å²) < 4.78 is 44.6. The van der Waals surface area contributed by atoms with Crippen molar-refractivity contribution in [1.29, 1.82) is 0 Å².